The summed E-state index contributed by atoms with van der Waals surface area (Å²) < 4.78 is 14.4. The Bertz CT molecular complexity index is 565. The average Bonchev–Trinajstić information content (AvgIpc) is 2.61. The van der Waals surface area contributed by atoms with Crippen LogP contribution in [0.1, 0.15) is 16.1 Å². The Labute approximate surface area is 103 Å². The number of ketones is 1. The second-order valence-corrected chi connectivity index (χ2v) is 4.08. The maximum absolute atomic E-state index is 13.0. The predicted octanol–water partition coefficient (Wildman–Crippen LogP) is 2.87. The van der Waals surface area contributed by atoms with Crippen LogP contribution in [0.2, 0.25) is 5.02 Å². The molecule has 1 heterocycles. The molecular weight excluding hydrogens is 243 g/mol. The zero-order valence-corrected chi connectivity index (χ0v) is 9.91. The van der Waals surface area contributed by atoms with Crippen molar-refractivity contribution in [3.8, 4) is 0 Å². The molecule has 0 fully saturated rings. The number of halogens is 2. The maximum Gasteiger partial charge on any atom is 0.184 e. The first-order chi connectivity index (χ1) is 8.08. The molecule has 0 saturated heterocycles. The van der Waals surface area contributed by atoms with Crippen molar-refractivity contribution in [2.75, 3.05) is 0 Å². The Morgan fingerprint density at radius 2 is 2.29 bits per heavy atom. The number of carbonyl (C=O) groups is 1. The highest BCUT2D eigenvalue weighted by Crippen LogP contribution is 2.14. The van der Waals surface area contributed by atoms with Gasteiger partial charge in [0, 0.05) is 5.56 Å². The third kappa shape index (κ3) is 2.53. The van der Waals surface area contributed by atoms with Crippen molar-refractivity contribution in [3.63, 3.8) is 0 Å². The molecule has 0 N–H and O–H groups in total. The molecule has 5 heteroatoms. The third-order valence-electron chi connectivity index (χ3n) is 2.48. The molecule has 17 heavy (non-hydrogen) atoms. The van der Waals surface area contributed by atoms with E-state index in [-0.39, 0.29) is 12.3 Å². The fraction of sp³-hybridized carbons (Fsp3) is 0.167. The molecule has 0 aliphatic heterocycles. The van der Waals surface area contributed by atoms with E-state index in [0.717, 1.165) is 5.69 Å². The van der Waals surface area contributed by atoms with Gasteiger partial charge in [0.2, 0.25) is 0 Å². The maximum atomic E-state index is 13.0. The first-order valence-electron chi connectivity index (χ1n) is 5.04. The zero-order chi connectivity index (χ0) is 12.4. The molecule has 0 spiro atoms. The number of carbonyl (C=O) groups excluding carboxylic acids is 1. The summed E-state index contributed by atoms with van der Waals surface area (Å²) >= 11 is 5.83. The minimum absolute atomic E-state index is 0.0575. The van der Waals surface area contributed by atoms with Crippen LogP contribution in [0.3, 0.4) is 0 Å². The second-order valence-electron chi connectivity index (χ2n) is 3.67. The molecule has 0 saturated carbocycles. The van der Waals surface area contributed by atoms with Gasteiger partial charge >= 0.3 is 0 Å². The van der Waals surface area contributed by atoms with Crippen molar-refractivity contribution in [3.05, 3.63) is 52.6 Å². The molecule has 0 radical (unpaired) electrons. The van der Waals surface area contributed by atoms with E-state index in [2.05, 4.69) is 5.10 Å². The van der Waals surface area contributed by atoms with E-state index in [4.69, 9.17) is 11.6 Å². The van der Waals surface area contributed by atoms with Crippen molar-refractivity contribution in [2.24, 2.45) is 0 Å². The Balaban J connectivity index is 2.20. The molecule has 0 amide bonds. The SMILES string of the molecule is Cc1c(Cl)cnn1CC(=O)c1cccc(F)c1. The Hall–Kier alpha value is -1.68. The van der Waals surface area contributed by atoms with Crippen LogP contribution in [0.4, 0.5) is 4.39 Å². The molecule has 0 aliphatic carbocycles. The monoisotopic (exact) mass is 252 g/mol. The highest BCUT2D eigenvalue weighted by Gasteiger charge is 2.11. The Morgan fingerprint density at radius 1 is 1.53 bits per heavy atom. The first kappa shape index (κ1) is 11.8. The van der Waals surface area contributed by atoms with Gasteiger partial charge in [0.25, 0.3) is 0 Å². The van der Waals surface area contributed by atoms with Gasteiger partial charge in [0.1, 0.15) is 12.4 Å². The molecule has 2 aromatic rings. The zero-order valence-electron chi connectivity index (χ0n) is 9.15. The lowest BCUT2D eigenvalue weighted by Gasteiger charge is -2.04. The summed E-state index contributed by atoms with van der Waals surface area (Å²) in [6.07, 6.45) is 1.48. The van der Waals surface area contributed by atoms with Crippen molar-refractivity contribution < 1.29 is 9.18 Å². The lowest BCUT2D eigenvalue weighted by molar-refractivity contribution is 0.0966. The number of rotatable bonds is 3. The van der Waals surface area contributed by atoms with Gasteiger partial charge in [-0.25, -0.2) is 4.39 Å². The second kappa shape index (κ2) is 4.67. The van der Waals surface area contributed by atoms with Gasteiger partial charge in [-0.1, -0.05) is 23.7 Å². The van der Waals surface area contributed by atoms with Crippen LogP contribution >= 0.6 is 11.6 Å². The van der Waals surface area contributed by atoms with Crippen LogP contribution < -0.4 is 0 Å². The first-order valence-corrected chi connectivity index (χ1v) is 5.42. The van der Waals surface area contributed by atoms with E-state index in [1.54, 1.807) is 13.0 Å². The van der Waals surface area contributed by atoms with Gasteiger partial charge < -0.3 is 0 Å². The molecule has 2 rings (SSSR count). The number of hydrogen-bond donors (Lipinski definition) is 0. The molecule has 1 aromatic heterocycles. The average molecular weight is 253 g/mol. The number of Topliss-reactive ketones (excluding diaryl/α,β-unsaturated/α-hetero) is 1. The molecule has 0 atom stereocenters. The van der Waals surface area contributed by atoms with Gasteiger partial charge in [-0.15, -0.1) is 0 Å². The van der Waals surface area contributed by atoms with E-state index in [1.165, 1.54) is 29.1 Å². The van der Waals surface area contributed by atoms with Crippen molar-refractivity contribution in [1.82, 2.24) is 9.78 Å². The third-order valence-corrected chi connectivity index (χ3v) is 2.85. The van der Waals surface area contributed by atoms with Gasteiger partial charge in [0.05, 0.1) is 16.9 Å². The van der Waals surface area contributed by atoms with Crippen molar-refractivity contribution in [2.45, 2.75) is 13.5 Å². The van der Waals surface area contributed by atoms with Crippen molar-refractivity contribution >= 4 is 17.4 Å². The van der Waals surface area contributed by atoms with E-state index in [0.29, 0.717) is 10.6 Å². The van der Waals surface area contributed by atoms with E-state index < -0.39 is 5.82 Å². The summed E-state index contributed by atoms with van der Waals surface area (Å²) in [6.45, 7) is 1.83. The van der Waals surface area contributed by atoms with E-state index >= 15 is 0 Å². The molecule has 0 bridgehead atoms. The quantitative estimate of drug-likeness (QED) is 0.788. The molecule has 3 nitrogen and oxygen atoms in total. The summed E-state index contributed by atoms with van der Waals surface area (Å²) in [4.78, 5) is 11.9. The Kier molecular flexibility index (Phi) is 3.24. The highest BCUT2D eigenvalue weighted by molar-refractivity contribution is 6.31. The minimum Gasteiger partial charge on any atom is -0.292 e. The van der Waals surface area contributed by atoms with Crippen LogP contribution in [0.15, 0.2) is 30.5 Å². The van der Waals surface area contributed by atoms with Gasteiger partial charge in [-0.05, 0) is 19.1 Å². The standard InChI is InChI=1S/C12H10ClFN2O/c1-8-11(13)6-15-16(8)7-12(17)9-3-2-4-10(14)5-9/h2-6H,7H2,1H3. The number of hydrogen-bond acceptors (Lipinski definition) is 2. The smallest absolute Gasteiger partial charge is 0.184 e. The van der Waals surface area contributed by atoms with Gasteiger partial charge in [-0.2, -0.15) is 5.10 Å². The predicted molar refractivity (Wildman–Crippen MR) is 62.7 cm³/mol. The summed E-state index contributed by atoms with van der Waals surface area (Å²) in [7, 11) is 0. The molecular formula is C12H10ClFN2O. The van der Waals surface area contributed by atoms with Crippen LogP contribution in [0.5, 0.6) is 0 Å². The summed E-state index contributed by atoms with van der Waals surface area (Å²) in [6, 6.07) is 5.59. The van der Waals surface area contributed by atoms with E-state index in [1.807, 2.05) is 0 Å². The van der Waals surface area contributed by atoms with Crippen LogP contribution in [0.25, 0.3) is 0 Å². The highest BCUT2D eigenvalue weighted by atomic mass is 35.5. The van der Waals surface area contributed by atoms with E-state index in [9.17, 15) is 9.18 Å². The lowest BCUT2D eigenvalue weighted by atomic mass is 10.1. The largest absolute Gasteiger partial charge is 0.292 e. The van der Waals surface area contributed by atoms with Gasteiger partial charge in [-0.3, -0.25) is 9.48 Å². The lowest BCUT2D eigenvalue weighted by Crippen LogP contribution is -2.13. The van der Waals surface area contributed by atoms with Gasteiger partial charge in [0.15, 0.2) is 5.78 Å². The fourth-order valence-electron chi connectivity index (χ4n) is 1.47. The van der Waals surface area contributed by atoms with Crippen LogP contribution in [-0.4, -0.2) is 15.6 Å². The molecule has 0 aliphatic rings. The normalized spacial score (nSPS) is 10.5. The molecule has 1 aromatic carbocycles. The number of nitrogens with zero attached hydrogens (tertiary/aromatic N) is 2. The molecule has 88 valence electrons. The fourth-order valence-corrected chi connectivity index (χ4v) is 1.61. The summed E-state index contributed by atoms with van der Waals surface area (Å²) in [5.41, 5.74) is 1.05. The minimum atomic E-state index is -0.425. The summed E-state index contributed by atoms with van der Waals surface area (Å²) in [5, 5.41) is 4.48. The van der Waals surface area contributed by atoms with Crippen molar-refractivity contribution in [1.29, 1.82) is 0 Å². The Morgan fingerprint density at radius 3 is 2.88 bits per heavy atom. The number of aromatic nitrogens is 2. The molecule has 0 unspecified atom stereocenters. The van der Waals surface area contributed by atoms with Crippen LogP contribution in [-0.2, 0) is 6.54 Å². The summed E-state index contributed by atoms with van der Waals surface area (Å²) in [5.74, 6) is -0.626. The number of benzene rings is 1. The van der Waals surface area contributed by atoms with Crippen LogP contribution in [0, 0.1) is 12.7 Å². The topological polar surface area (TPSA) is 34.9 Å².